The molecular weight excluding hydrogens is 264 g/mol. The van der Waals surface area contributed by atoms with E-state index < -0.39 is 0 Å². The van der Waals surface area contributed by atoms with E-state index in [1.54, 1.807) is 12.1 Å². The Hall–Kier alpha value is -2.33. The van der Waals surface area contributed by atoms with E-state index in [0.29, 0.717) is 13.1 Å². The number of phenolic OH excluding ortho intramolecular Hbond substituents is 1. The molecule has 1 unspecified atom stereocenters. The molecule has 0 radical (unpaired) electrons. The lowest BCUT2D eigenvalue weighted by molar-refractivity contribution is -0.122. The molecule has 0 saturated carbocycles. The number of hydrogen-bond donors (Lipinski definition) is 3. The number of benzene rings is 2. The van der Waals surface area contributed by atoms with Gasteiger partial charge in [-0.1, -0.05) is 36.4 Å². The topological polar surface area (TPSA) is 61.4 Å². The van der Waals surface area contributed by atoms with Crippen molar-refractivity contribution in [3.8, 4) is 5.75 Å². The van der Waals surface area contributed by atoms with Crippen LogP contribution in [0.1, 0.15) is 22.6 Å². The van der Waals surface area contributed by atoms with E-state index in [1.165, 1.54) is 5.56 Å². The Kier molecular flexibility index (Phi) is 3.88. The minimum atomic E-state index is -0.146. The van der Waals surface area contributed by atoms with Gasteiger partial charge in [0.25, 0.3) is 0 Å². The summed E-state index contributed by atoms with van der Waals surface area (Å²) in [6.45, 7) is 1.95. The van der Waals surface area contributed by atoms with Crippen molar-refractivity contribution in [1.82, 2.24) is 10.6 Å². The van der Waals surface area contributed by atoms with Crippen LogP contribution in [0.4, 0.5) is 0 Å². The minimum Gasteiger partial charge on any atom is -0.508 e. The summed E-state index contributed by atoms with van der Waals surface area (Å²) in [5.41, 5.74) is 3.27. The number of aromatic hydroxyl groups is 1. The highest BCUT2D eigenvalue weighted by atomic mass is 16.3. The zero-order valence-electron chi connectivity index (χ0n) is 11.7. The summed E-state index contributed by atoms with van der Waals surface area (Å²) in [5.74, 6) is 0.116. The Morgan fingerprint density at radius 3 is 2.76 bits per heavy atom. The van der Waals surface area contributed by atoms with Gasteiger partial charge in [0.15, 0.2) is 0 Å². The average Bonchev–Trinajstić information content (AvgIpc) is 2.53. The Morgan fingerprint density at radius 2 is 1.95 bits per heavy atom. The van der Waals surface area contributed by atoms with Gasteiger partial charge in [0, 0.05) is 19.6 Å². The van der Waals surface area contributed by atoms with Crippen LogP contribution in [0.5, 0.6) is 5.75 Å². The first-order valence-electron chi connectivity index (χ1n) is 7.08. The highest BCUT2D eigenvalue weighted by molar-refractivity contribution is 5.84. The maximum Gasteiger partial charge on any atom is 0.229 e. The molecule has 0 saturated heterocycles. The average molecular weight is 282 g/mol. The number of nitrogens with one attached hydrogen (secondary N) is 2. The highest BCUT2D eigenvalue weighted by Crippen LogP contribution is 2.24. The van der Waals surface area contributed by atoms with Crippen LogP contribution in [-0.4, -0.2) is 17.6 Å². The van der Waals surface area contributed by atoms with Crippen molar-refractivity contribution < 1.29 is 9.90 Å². The second-order valence-corrected chi connectivity index (χ2v) is 5.27. The van der Waals surface area contributed by atoms with E-state index in [1.807, 2.05) is 30.3 Å². The van der Waals surface area contributed by atoms with Crippen LogP contribution >= 0.6 is 0 Å². The van der Waals surface area contributed by atoms with Gasteiger partial charge in [-0.2, -0.15) is 0 Å². The van der Waals surface area contributed by atoms with E-state index in [0.717, 1.165) is 17.7 Å². The number of carbonyl (C=O) groups is 1. The van der Waals surface area contributed by atoms with Gasteiger partial charge < -0.3 is 15.7 Å². The second kappa shape index (κ2) is 5.97. The summed E-state index contributed by atoms with van der Waals surface area (Å²) >= 11 is 0. The SMILES string of the molecule is O=C(NCc1ccc(O)cc1)C1CNCc2ccccc21. The van der Waals surface area contributed by atoms with E-state index in [9.17, 15) is 9.90 Å². The van der Waals surface area contributed by atoms with Gasteiger partial charge in [-0.3, -0.25) is 4.79 Å². The molecule has 4 heteroatoms. The number of hydrogen-bond acceptors (Lipinski definition) is 3. The van der Waals surface area contributed by atoms with Crippen molar-refractivity contribution in [2.24, 2.45) is 0 Å². The summed E-state index contributed by atoms with van der Waals surface area (Å²) in [5, 5.41) is 15.5. The van der Waals surface area contributed by atoms with Gasteiger partial charge in [-0.25, -0.2) is 0 Å². The molecule has 2 aromatic carbocycles. The lowest BCUT2D eigenvalue weighted by Crippen LogP contribution is -2.38. The minimum absolute atomic E-state index is 0.0303. The van der Waals surface area contributed by atoms with E-state index in [-0.39, 0.29) is 17.6 Å². The lowest BCUT2D eigenvalue weighted by Gasteiger charge is -2.25. The normalized spacial score (nSPS) is 17.0. The Bertz CT molecular complexity index is 637. The van der Waals surface area contributed by atoms with Crippen molar-refractivity contribution in [3.63, 3.8) is 0 Å². The molecule has 1 aliphatic heterocycles. The summed E-state index contributed by atoms with van der Waals surface area (Å²) in [7, 11) is 0. The van der Waals surface area contributed by atoms with Gasteiger partial charge in [0.1, 0.15) is 5.75 Å². The maximum atomic E-state index is 12.4. The third kappa shape index (κ3) is 3.06. The third-order valence-corrected chi connectivity index (χ3v) is 3.81. The van der Waals surface area contributed by atoms with Gasteiger partial charge in [-0.15, -0.1) is 0 Å². The molecular formula is C17H18N2O2. The van der Waals surface area contributed by atoms with Crippen LogP contribution in [0, 0.1) is 0 Å². The van der Waals surface area contributed by atoms with Crippen LogP contribution in [0.25, 0.3) is 0 Å². The van der Waals surface area contributed by atoms with Crippen molar-refractivity contribution >= 4 is 5.91 Å². The Balaban J connectivity index is 1.68. The van der Waals surface area contributed by atoms with Crippen molar-refractivity contribution in [2.75, 3.05) is 6.54 Å². The second-order valence-electron chi connectivity index (χ2n) is 5.27. The van der Waals surface area contributed by atoms with Gasteiger partial charge in [0.2, 0.25) is 5.91 Å². The first kappa shape index (κ1) is 13.6. The Labute approximate surface area is 123 Å². The van der Waals surface area contributed by atoms with Crippen molar-refractivity contribution in [3.05, 3.63) is 65.2 Å². The van der Waals surface area contributed by atoms with Crippen LogP contribution in [0.3, 0.4) is 0 Å². The fourth-order valence-electron chi connectivity index (χ4n) is 2.66. The predicted molar refractivity (Wildman–Crippen MR) is 80.8 cm³/mol. The summed E-state index contributed by atoms with van der Waals surface area (Å²) in [4.78, 5) is 12.4. The van der Waals surface area contributed by atoms with Gasteiger partial charge >= 0.3 is 0 Å². The molecule has 1 heterocycles. The number of carbonyl (C=O) groups excluding carboxylic acids is 1. The van der Waals surface area contributed by atoms with E-state index >= 15 is 0 Å². The van der Waals surface area contributed by atoms with Crippen molar-refractivity contribution in [1.29, 1.82) is 0 Å². The van der Waals surface area contributed by atoms with Gasteiger partial charge in [0.05, 0.1) is 5.92 Å². The highest BCUT2D eigenvalue weighted by Gasteiger charge is 2.25. The molecule has 0 aliphatic carbocycles. The maximum absolute atomic E-state index is 12.4. The molecule has 0 spiro atoms. The van der Waals surface area contributed by atoms with Crippen LogP contribution in [0.15, 0.2) is 48.5 Å². The number of rotatable bonds is 3. The number of phenols is 1. The fourth-order valence-corrected chi connectivity index (χ4v) is 2.66. The first-order valence-corrected chi connectivity index (χ1v) is 7.08. The molecule has 0 bridgehead atoms. The fraction of sp³-hybridized carbons (Fsp3) is 0.235. The quantitative estimate of drug-likeness (QED) is 0.805. The molecule has 1 atom stereocenters. The molecule has 1 aliphatic rings. The molecule has 2 aromatic rings. The molecule has 4 nitrogen and oxygen atoms in total. The van der Waals surface area contributed by atoms with E-state index in [4.69, 9.17) is 0 Å². The zero-order chi connectivity index (χ0) is 14.7. The lowest BCUT2D eigenvalue weighted by atomic mass is 9.90. The molecule has 1 amide bonds. The molecule has 108 valence electrons. The largest absolute Gasteiger partial charge is 0.508 e. The molecule has 21 heavy (non-hydrogen) atoms. The number of fused-ring (bicyclic) bond motifs is 1. The van der Waals surface area contributed by atoms with E-state index in [2.05, 4.69) is 16.7 Å². The van der Waals surface area contributed by atoms with Crippen LogP contribution in [0.2, 0.25) is 0 Å². The number of amides is 1. The predicted octanol–water partition coefficient (Wildman–Crippen LogP) is 1.90. The summed E-state index contributed by atoms with van der Waals surface area (Å²) in [6, 6.07) is 14.9. The molecule has 0 aromatic heterocycles. The van der Waals surface area contributed by atoms with Crippen LogP contribution in [-0.2, 0) is 17.9 Å². The standard InChI is InChI=1S/C17H18N2O2/c20-14-7-5-12(6-8-14)9-19-17(21)16-11-18-10-13-3-1-2-4-15(13)16/h1-8,16,18,20H,9-11H2,(H,19,21). The smallest absolute Gasteiger partial charge is 0.229 e. The summed E-state index contributed by atoms with van der Waals surface area (Å²) in [6.07, 6.45) is 0. The first-order chi connectivity index (χ1) is 10.2. The summed E-state index contributed by atoms with van der Waals surface area (Å²) < 4.78 is 0. The third-order valence-electron chi connectivity index (χ3n) is 3.81. The Morgan fingerprint density at radius 1 is 1.19 bits per heavy atom. The van der Waals surface area contributed by atoms with Crippen LogP contribution < -0.4 is 10.6 Å². The molecule has 0 fully saturated rings. The monoisotopic (exact) mass is 282 g/mol. The zero-order valence-corrected chi connectivity index (χ0v) is 11.7. The van der Waals surface area contributed by atoms with Gasteiger partial charge in [-0.05, 0) is 28.8 Å². The van der Waals surface area contributed by atoms with Crippen molar-refractivity contribution in [2.45, 2.75) is 19.0 Å². The molecule has 3 rings (SSSR count). The molecule has 3 N–H and O–H groups in total.